The number of fused-ring (bicyclic) bond motifs is 7. The highest BCUT2D eigenvalue weighted by Gasteiger charge is 2.50. The van der Waals surface area contributed by atoms with Crippen molar-refractivity contribution >= 4 is 38.2 Å². The zero-order valence-corrected chi connectivity index (χ0v) is 43.7. The number of hydrogen-bond donors (Lipinski definition) is 1. The van der Waals surface area contributed by atoms with Crippen molar-refractivity contribution in [2.45, 2.75) is 102 Å². The molecule has 1 aliphatic heterocycles. The van der Waals surface area contributed by atoms with Crippen molar-refractivity contribution in [2.24, 2.45) is 0 Å². The average Bonchev–Trinajstić information content (AvgIpc) is 3.57. The average molecular weight is 1030 g/mol. The molecule has 0 spiro atoms. The van der Waals surface area contributed by atoms with Crippen LogP contribution in [0.2, 0.25) is 36.3 Å². The third-order valence-corrected chi connectivity index (χ3v) is 24.8. The van der Waals surface area contributed by atoms with E-state index in [2.05, 4.69) is 5.32 Å². The van der Waals surface area contributed by atoms with Gasteiger partial charge in [0.05, 0.1) is 0 Å². The Labute approximate surface area is 423 Å². The van der Waals surface area contributed by atoms with Crippen LogP contribution in [-0.4, -0.2) is 16.6 Å². The van der Waals surface area contributed by atoms with E-state index >= 15 is 35.1 Å². The lowest BCUT2D eigenvalue weighted by Gasteiger charge is -2.45. The molecule has 0 amide bonds. The van der Waals surface area contributed by atoms with Crippen molar-refractivity contribution in [3.8, 4) is 11.1 Å². The lowest BCUT2D eigenvalue weighted by molar-refractivity contribution is 0.137. The van der Waals surface area contributed by atoms with Gasteiger partial charge in [0.1, 0.15) is 57.7 Å². The van der Waals surface area contributed by atoms with Crippen LogP contribution in [0.4, 0.5) is 35.1 Å². The number of rotatable bonds is 16. The van der Waals surface area contributed by atoms with Crippen molar-refractivity contribution in [3.05, 3.63) is 225 Å². The quantitative estimate of drug-likeness (QED) is 0.0594. The highest BCUT2D eigenvalue weighted by Crippen LogP contribution is 2.55. The second kappa shape index (κ2) is 20.4. The first-order valence-electron chi connectivity index (χ1n) is 25.1. The van der Waals surface area contributed by atoms with E-state index in [1.54, 1.807) is 0 Å². The molecule has 8 aromatic rings. The Balaban J connectivity index is 1.54. The Morgan fingerprint density at radius 2 is 0.644 bits per heavy atom. The maximum Gasteiger partial charge on any atom is 0.194 e. The summed E-state index contributed by atoms with van der Waals surface area (Å²) < 4.78 is 144. The Morgan fingerprint density at radius 3 is 0.904 bits per heavy atom. The van der Waals surface area contributed by atoms with Gasteiger partial charge in [0.25, 0.3) is 0 Å². The molecule has 0 bridgehead atoms. The Bertz CT molecular complexity index is 2970. The van der Waals surface area contributed by atoms with Gasteiger partial charge in [-0.2, -0.15) is 0 Å². The normalized spacial score (nSPS) is 13.3. The molecule has 0 radical (unpaired) electrons. The third-order valence-electron chi connectivity index (χ3n) is 15.6. The Morgan fingerprint density at radius 1 is 0.384 bits per heavy atom. The SMILES string of the molecule is CC[Si](CC)(CC)OC(c1cc(F)cc(F)c1)(c1cc(F)cc(F)c1)c1cc2ccccc2c2c1CNCc1c(C(O[Si](CC)(CC)CC)(c3cc(F)cc(F)c3)c3cc(F)cc(F)c3)cc3ccccc3c1-2. The summed E-state index contributed by atoms with van der Waals surface area (Å²) in [4.78, 5) is 0. The van der Waals surface area contributed by atoms with E-state index in [9.17, 15) is 0 Å². The Kier molecular flexibility index (Phi) is 14.5. The van der Waals surface area contributed by atoms with Gasteiger partial charge in [-0.05, 0) is 174 Å². The van der Waals surface area contributed by atoms with Crippen LogP contribution in [0.15, 0.2) is 133 Å². The van der Waals surface area contributed by atoms with Gasteiger partial charge in [0, 0.05) is 37.4 Å². The molecule has 9 rings (SSSR count). The van der Waals surface area contributed by atoms with E-state index in [0.717, 1.165) is 83.6 Å². The molecule has 0 fully saturated rings. The molecule has 73 heavy (non-hydrogen) atoms. The van der Waals surface area contributed by atoms with Gasteiger partial charge >= 0.3 is 0 Å². The summed E-state index contributed by atoms with van der Waals surface area (Å²) in [5.74, 6) is -7.39. The third kappa shape index (κ3) is 9.15. The van der Waals surface area contributed by atoms with Gasteiger partial charge in [0.2, 0.25) is 0 Å². The monoisotopic (exact) mass is 1030 g/mol. The molecule has 0 atom stereocenters. The minimum atomic E-state index is -3.02. The van der Waals surface area contributed by atoms with Gasteiger partial charge in [-0.1, -0.05) is 90.1 Å². The molecule has 378 valence electrons. The first-order valence-corrected chi connectivity index (χ1v) is 30.2. The molecule has 1 N–H and O–H groups in total. The van der Waals surface area contributed by atoms with Gasteiger partial charge in [0.15, 0.2) is 16.6 Å². The molecular weight excluding hydrogens is 975 g/mol. The van der Waals surface area contributed by atoms with Crippen LogP contribution in [0.25, 0.3) is 32.7 Å². The van der Waals surface area contributed by atoms with Crippen LogP contribution >= 0.6 is 0 Å². The standard InChI is InChI=1S/C60H57F8NO2Si2/c1-7-72(8-2,9-3)70-59(39-23-43(61)31-44(62)24-39,40-25-45(63)32-46(64)26-40)55-21-37-17-13-15-19-51(37)57-53(55)35-69-36-54-56(22-38-18-14-16-20-52(38)58(54)57)60(71-73(10-4,11-5)12-6,41-27-47(65)33-48(66)28-41)42-29-49(67)34-50(68)30-42/h13-34,69H,7-12,35-36H2,1-6H3. The van der Waals surface area contributed by atoms with E-state index < -0.39 is 74.4 Å². The second-order valence-electron chi connectivity index (χ2n) is 19.3. The highest BCUT2D eigenvalue weighted by atomic mass is 28.4. The van der Waals surface area contributed by atoms with E-state index in [0.29, 0.717) is 80.4 Å². The molecule has 8 aromatic carbocycles. The zero-order valence-electron chi connectivity index (χ0n) is 41.7. The zero-order chi connectivity index (χ0) is 52.0. The fourth-order valence-corrected chi connectivity index (χ4v) is 17.4. The summed E-state index contributed by atoms with van der Waals surface area (Å²) in [5.41, 5.74) is -1.04. The van der Waals surface area contributed by atoms with Crippen LogP contribution in [0.3, 0.4) is 0 Å². The van der Waals surface area contributed by atoms with E-state index in [1.807, 2.05) is 102 Å². The van der Waals surface area contributed by atoms with Crippen LogP contribution < -0.4 is 5.32 Å². The van der Waals surface area contributed by atoms with E-state index in [4.69, 9.17) is 8.85 Å². The van der Waals surface area contributed by atoms with E-state index in [1.165, 1.54) is 0 Å². The maximum absolute atomic E-state index is 16.0. The summed E-state index contributed by atoms with van der Waals surface area (Å²) >= 11 is 0. The molecular formula is C60H57F8NO2Si2. The molecule has 0 unspecified atom stereocenters. The van der Waals surface area contributed by atoms with Gasteiger partial charge in [-0.3, -0.25) is 0 Å². The van der Waals surface area contributed by atoms with Gasteiger partial charge < -0.3 is 14.2 Å². The predicted octanol–water partition coefficient (Wildman–Crippen LogP) is 17.0. The molecule has 0 aromatic heterocycles. The molecule has 13 heteroatoms. The fourth-order valence-electron chi connectivity index (χ4n) is 11.6. The number of hydrogen-bond acceptors (Lipinski definition) is 3. The van der Waals surface area contributed by atoms with Crippen molar-refractivity contribution in [1.29, 1.82) is 0 Å². The first kappa shape index (κ1) is 51.9. The summed E-state index contributed by atoms with van der Waals surface area (Å²) in [7, 11) is -6.04. The van der Waals surface area contributed by atoms with Crippen LogP contribution in [0.5, 0.6) is 0 Å². The molecule has 0 saturated carbocycles. The summed E-state index contributed by atoms with van der Waals surface area (Å²) in [6.07, 6.45) is 0. The maximum atomic E-state index is 16.0. The lowest BCUT2D eigenvalue weighted by atomic mass is 9.73. The molecule has 3 nitrogen and oxygen atoms in total. The summed E-state index contributed by atoms with van der Waals surface area (Å²) in [6, 6.07) is 34.4. The second-order valence-corrected chi connectivity index (χ2v) is 28.7. The minimum Gasteiger partial charge on any atom is -0.399 e. The molecule has 0 saturated heterocycles. The highest BCUT2D eigenvalue weighted by molar-refractivity contribution is 6.74. The molecule has 1 heterocycles. The lowest BCUT2D eigenvalue weighted by Crippen LogP contribution is -2.48. The molecule has 0 aliphatic carbocycles. The summed E-state index contributed by atoms with van der Waals surface area (Å²) in [5, 5.41) is 6.38. The van der Waals surface area contributed by atoms with Crippen LogP contribution in [-0.2, 0) is 33.1 Å². The summed E-state index contributed by atoms with van der Waals surface area (Å²) in [6.45, 7) is 12.0. The smallest absolute Gasteiger partial charge is 0.194 e. The van der Waals surface area contributed by atoms with Crippen molar-refractivity contribution in [2.75, 3.05) is 0 Å². The predicted molar refractivity (Wildman–Crippen MR) is 279 cm³/mol. The van der Waals surface area contributed by atoms with Gasteiger partial charge in [-0.25, -0.2) is 35.1 Å². The van der Waals surface area contributed by atoms with Crippen LogP contribution in [0, 0.1) is 46.5 Å². The Hall–Kier alpha value is -5.97. The topological polar surface area (TPSA) is 30.5 Å². The van der Waals surface area contributed by atoms with Crippen molar-refractivity contribution < 1.29 is 44.0 Å². The number of nitrogens with one attached hydrogen (secondary N) is 1. The minimum absolute atomic E-state index is 0.0172. The van der Waals surface area contributed by atoms with Crippen LogP contribution in [0.1, 0.15) is 86.1 Å². The molecule has 1 aliphatic rings. The largest absolute Gasteiger partial charge is 0.399 e. The van der Waals surface area contributed by atoms with Crippen molar-refractivity contribution in [1.82, 2.24) is 5.32 Å². The van der Waals surface area contributed by atoms with Gasteiger partial charge in [-0.15, -0.1) is 0 Å². The number of benzene rings is 8. The first-order chi connectivity index (χ1) is 35.0. The van der Waals surface area contributed by atoms with E-state index in [-0.39, 0.29) is 35.3 Å². The fraction of sp³-hybridized carbons (Fsp3) is 0.267. The number of halogens is 8. The van der Waals surface area contributed by atoms with Crippen molar-refractivity contribution in [3.63, 3.8) is 0 Å².